The van der Waals surface area contributed by atoms with E-state index in [0.717, 1.165) is 10.7 Å². The van der Waals surface area contributed by atoms with Crippen molar-refractivity contribution in [2.45, 2.75) is 0 Å². The van der Waals surface area contributed by atoms with Crippen LogP contribution in [0.3, 0.4) is 0 Å². The smallest absolute Gasteiger partial charge is 0.169 e. The summed E-state index contributed by atoms with van der Waals surface area (Å²) in [5.74, 6) is 0.429. The summed E-state index contributed by atoms with van der Waals surface area (Å²) in [6.07, 6.45) is 4.31. The third-order valence-electron chi connectivity index (χ3n) is 0.769. The number of nitrogens with one attached hydrogen (secondary N) is 1. The first-order chi connectivity index (χ1) is 4.33. The van der Waals surface area contributed by atoms with Gasteiger partial charge in [-0.05, 0) is 15.9 Å². The minimum atomic E-state index is 0. The van der Waals surface area contributed by atoms with Crippen molar-refractivity contribution >= 4 is 34.6 Å². The number of hydrogen-bond acceptors (Lipinski definition) is 3. The van der Waals surface area contributed by atoms with Gasteiger partial charge in [0.2, 0.25) is 0 Å². The Morgan fingerprint density at radius 1 is 1.40 bits per heavy atom. The predicted molar refractivity (Wildman–Crippen MR) is 44.9 cm³/mol. The summed E-state index contributed by atoms with van der Waals surface area (Å²) in [6.45, 7) is 0. The van der Waals surface area contributed by atoms with Gasteiger partial charge in [0, 0.05) is 12.4 Å². The van der Waals surface area contributed by atoms with Crippen molar-refractivity contribution < 1.29 is 0 Å². The lowest BCUT2D eigenvalue weighted by Crippen LogP contribution is -1.89. The molecule has 0 aliphatic heterocycles. The molecule has 3 nitrogen and oxygen atoms in total. The van der Waals surface area contributed by atoms with Gasteiger partial charge < -0.3 is 5.41 Å². The van der Waals surface area contributed by atoms with Crippen LogP contribution < -0.4 is 0 Å². The number of halogens is 2. The summed E-state index contributed by atoms with van der Waals surface area (Å²) in [4.78, 5) is 7.59. The van der Waals surface area contributed by atoms with Gasteiger partial charge in [-0.3, -0.25) is 0 Å². The van der Waals surface area contributed by atoms with Crippen molar-refractivity contribution in [3.8, 4) is 0 Å². The maximum atomic E-state index is 6.75. The fourth-order valence-corrected chi connectivity index (χ4v) is 0.602. The monoisotopic (exact) mass is 221 g/mol. The van der Waals surface area contributed by atoms with Crippen molar-refractivity contribution in [3.05, 3.63) is 22.7 Å². The molecule has 0 amide bonds. The zero-order chi connectivity index (χ0) is 6.69. The number of nitrogens with zero attached hydrogens (tertiary/aromatic N) is 2. The lowest BCUT2D eigenvalue weighted by molar-refractivity contribution is 1.12. The van der Waals surface area contributed by atoms with Gasteiger partial charge in [-0.25, -0.2) is 9.97 Å². The van der Waals surface area contributed by atoms with Gasteiger partial charge in [-0.1, -0.05) is 0 Å². The normalized spacial score (nSPS) is 8.10. The summed E-state index contributed by atoms with van der Waals surface area (Å²) < 4.78 is 0.827. The molecule has 5 heteroatoms. The van der Waals surface area contributed by atoms with Crippen LogP contribution in [0.4, 0.5) is 0 Å². The van der Waals surface area contributed by atoms with Gasteiger partial charge in [0.05, 0.1) is 10.7 Å². The molecule has 0 radical (unpaired) electrons. The highest BCUT2D eigenvalue weighted by Crippen LogP contribution is 2.02. The molecule has 0 fully saturated rings. The molecule has 1 N–H and O–H groups in total. The molecule has 10 heavy (non-hydrogen) atoms. The van der Waals surface area contributed by atoms with Gasteiger partial charge in [-0.2, -0.15) is 0 Å². The summed E-state index contributed by atoms with van der Waals surface area (Å²) in [5, 5.41) is 6.75. The Labute approximate surface area is 72.9 Å². The summed E-state index contributed by atoms with van der Waals surface area (Å²) in [7, 11) is 0. The Morgan fingerprint density at radius 2 is 1.90 bits per heavy atom. The maximum absolute atomic E-state index is 6.75. The van der Waals surface area contributed by atoms with Crippen LogP contribution in [0, 0.1) is 5.41 Å². The van der Waals surface area contributed by atoms with Crippen molar-refractivity contribution in [2.75, 3.05) is 0 Å². The van der Waals surface area contributed by atoms with E-state index in [9.17, 15) is 0 Å². The minimum Gasteiger partial charge on any atom is -0.305 e. The van der Waals surface area contributed by atoms with Crippen LogP contribution >= 0.6 is 28.3 Å². The first-order valence-corrected chi connectivity index (χ1v) is 3.10. The number of rotatable bonds is 1. The van der Waals surface area contributed by atoms with Crippen molar-refractivity contribution in [1.29, 1.82) is 5.41 Å². The van der Waals surface area contributed by atoms with E-state index in [1.165, 1.54) is 0 Å². The predicted octanol–water partition coefficient (Wildman–Crippen LogP) is 1.66. The Bertz CT molecular complexity index is 211. The largest absolute Gasteiger partial charge is 0.305 e. The number of aromatic nitrogens is 2. The molecule has 1 aromatic heterocycles. The Hall–Kier alpha value is -0.480. The highest BCUT2D eigenvalue weighted by molar-refractivity contribution is 9.10. The average molecular weight is 222 g/mol. The molecule has 0 atom stereocenters. The zero-order valence-electron chi connectivity index (χ0n) is 4.91. The lowest BCUT2D eigenvalue weighted by atomic mass is 10.6. The second-order valence-electron chi connectivity index (χ2n) is 1.40. The number of hydrogen-bond donors (Lipinski definition) is 1. The molecule has 0 saturated carbocycles. The SMILES string of the molecule is Cl.N=Cc1ncc(Br)cn1. The van der Waals surface area contributed by atoms with Gasteiger partial charge >= 0.3 is 0 Å². The zero-order valence-corrected chi connectivity index (χ0v) is 7.32. The van der Waals surface area contributed by atoms with E-state index in [4.69, 9.17) is 5.41 Å². The second-order valence-corrected chi connectivity index (χ2v) is 2.32. The third kappa shape index (κ3) is 2.41. The van der Waals surface area contributed by atoms with E-state index in [-0.39, 0.29) is 12.4 Å². The quantitative estimate of drug-likeness (QED) is 0.735. The fraction of sp³-hybridized carbons (Fsp3) is 0. The summed E-state index contributed by atoms with van der Waals surface area (Å²) in [6, 6.07) is 0. The van der Waals surface area contributed by atoms with E-state index in [2.05, 4.69) is 25.9 Å². The molecule has 0 spiro atoms. The third-order valence-corrected chi connectivity index (χ3v) is 1.18. The van der Waals surface area contributed by atoms with Gasteiger partial charge in [0.25, 0.3) is 0 Å². The van der Waals surface area contributed by atoms with Crippen LogP contribution in [-0.4, -0.2) is 16.2 Å². The highest BCUT2D eigenvalue weighted by atomic mass is 79.9. The molecule has 1 aromatic rings. The standard InChI is InChI=1S/C5H4BrN3.ClH/c6-4-2-8-5(1-7)9-3-4;/h1-3,7H;1H. The molecule has 54 valence electrons. The van der Waals surface area contributed by atoms with E-state index < -0.39 is 0 Å². The lowest BCUT2D eigenvalue weighted by Gasteiger charge is -1.87. The maximum Gasteiger partial charge on any atom is 0.169 e. The van der Waals surface area contributed by atoms with Crippen LogP contribution in [-0.2, 0) is 0 Å². The van der Waals surface area contributed by atoms with E-state index in [0.29, 0.717) is 5.82 Å². The molecule has 0 unspecified atom stereocenters. The minimum absolute atomic E-state index is 0. The van der Waals surface area contributed by atoms with Crippen molar-refractivity contribution in [1.82, 2.24) is 9.97 Å². The molecule has 0 aliphatic carbocycles. The first-order valence-electron chi connectivity index (χ1n) is 2.31. The van der Waals surface area contributed by atoms with E-state index in [1.807, 2.05) is 0 Å². The van der Waals surface area contributed by atoms with Crippen LogP contribution in [0.25, 0.3) is 0 Å². The highest BCUT2D eigenvalue weighted by Gasteiger charge is 1.87. The van der Waals surface area contributed by atoms with Crippen LogP contribution in [0.15, 0.2) is 16.9 Å². The van der Waals surface area contributed by atoms with Crippen LogP contribution in [0.5, 0.6) is 0 Å². The molecule has 0 aromatic carbocycles. The molecule has 1 rings (SSSR count). The average Bonchev–Trinajstić information content (AvgIpc) is 1.90. The Morgan fingerprint density at radius 3 is 2.30 bits per heavy atom. The molecule has 0 saturated heterocycles. The molecule has 0 bridgehead atoms. The van der Waals surface area contributed by atoms with E-state index >= 15 is 0 Å². The van der Waals surface area contributed by atoms with Crippen molar-refractivity contribution in [2.24, 2.45) is 0 Å². The molecule has 1 heterocycles. The van der Waals surface area contributed by atoms with Gasteiger partial charge in [0.15, 0.2) is 5.82 Å². The van der Waals surface area contributed by atoms with Crippen LogP contribution in [0.1, 0.15) is 5.82 Å². The van der Waals surface area contributed by atoms with Gasteiger partial charge in [0.1, 0.15) is 0 Å². The summed E-state index contributed by atoms with van der Waals surface area (Å²) in [5.41, 5.74) is 0. The van der Waals surface area contributed by atoms with Gasteiger partial charge in [-0.15, -0.1) is 12.4 Å². The van der Waals surface area contributed by atoms with Crippen LogP contribution in [0.2, 0.25) is 0 Å². The molecule has 0 aliphatic rings. The van der Waals surface area contributed by atoms with Crippen molar-refractivity contribution in [3.63, 3.8) is 0 Å². The first kappa shape index (κ1) is 9.52. The Balaban J connectivity index is 0.000000810. The Kier molecular flexibility index (Phi) is 4.14. The van der Waals surface area contributed by atoms with E-state index in [1.54, 1.807) is 12.4 Å². The topological polar surface area (TPSA) is 49.6 Å². The summed E-state index contributed by atoms with van der Waals surface area (Å²) >= 11 is 3.17. The fourth-order valence-electron chi connectivity index (χ4n) is 0.397. The molecular weight excluding hydrogens is 217 g/mol. The second kappa shape index (κ2) is 4.35. The molecular formula is C5H5BrClN3.